The van der Waals surface area contributed by atoms with Crippen molar-refractivity contribution in [2.24, 2.45) is 0 Å². The van der Waals surface area contributed by atoms with Gasteiger partial charge in [0.2, 0.25) is 0 Å². The van der Waals surface area contributed by atoms with Crippen molar-refractivity contribution in [1.29, 1.82) is 0 Å². The standard InChI is InChI=1S/C58H34O/c1-2-16-39-35(13-1)27-31-52-56(39)59-54-32-29-38(34-53(54)58(52)46-22-7-3-17-40(46)41-18-4-8-23-47(41)58)37-28-30-50-45(33-37)43-20-6-10-25-49(43)57(50)48-24-9-5-19-42(48)44-21-11-14-36-15-12-26-51(57)55(36)44/h1-34H. The molecule has 0 fully saturated rings. The van der Waals surface area contributed by atoms with E-state index in [4.69, 9.17) is 4.74 Å². The summed E-state index contributed by atoms with van der Waals surface area (Å²) in [5, 5.41) is 4.95. The summed E-state index contributed by atoms with van der Waals surface area (Å²) in [5.74, 6) is 1.85. The van der Waals surface area contributed by atoms with Gasteiger partial charge in [0.05, 0.1) is 10.8 Å². The number of ether oxygens (including phenoxy) is 1. The Morgan fingerprint density at radius 2 is 0.763 bits per heavy atom. The molecule has 0 amide bonds. The predicted octanol–water partition coefficient (Wildman–Crippen LogP) is 14.5. The van der Waals surface area contributed by atoms with Gasteiger partial charge in [-0.05, 0) is 112 Å². The highest BCUT2D eigenvalue weighted by Crippen LogP contribution is 2.65. The summed E-state index contributed by atoms with van der Waals surface area (Å²) in [7, 11) is 0. The summed E-state index contributed by atoms with van der Waals surface area (Å²) in [6, 6.07) is 77.3. The van der Waals surface area contributed by atoms with E-state index in [0.717, 1.165) is 16.9 Å². The molecule has 0 bridgehead atoms. The van der Waals surface area contributed by atoms with Crippen molar-refractivity contribution in [3.05, 3.63) is 251 Å². The molecule has 1 nitrogen and oxygen atoms in total. The first kappa shape index (κ1) is 31.6. The lowest BCUT2D eigenvalue weighted by atomic mass is 9.61. The average molecular weight is 747 g/mol. The van der Waals surface area contributed by atoms with Crippen molar-refractivity contribution in [1.82, 2.24) is 0 Å². The van der Waals surface area contributed by atoms with E-state index in [9.17, 15) is 0 Å². The summed E-state index contributed by atoms with van der Waals surface area (Å²) in [5.41, 5.74) is 19.5. The molecule has 59 heavy (non-hydrogen) atoms. The summed E-state index contributed by atoms with van der Waals surface area (Å²) in [4.78, 5) is 0. The van der Waals surface area contributed by atoms with Crippen LogP contribution in [-0.4, -0.2) is 0 Å². The molecule has 1 atom stereocenters. The highest BCUT2D eigenvalue weighted by atomic mass is 16.5. The van der Waals surface area contributed by atoms with E-state index >= 15 is 0 Å². The Morgan fingerprint density at radius 1 is 0.288 bits per heavy atom. The number of hydrogen-bond acceptors (Lipinski definition) is 1. The minimum atomic E-state index is -0.554. The number of hydrogen-bond donors (Lipinski definition) is 0. The van der Waals surface area contributed by atoms with Crippen molar-refractivity contribution in [3.63, 3.8) is 0 Å². The molecule has 272 valence electrons. The minimum absolute atomic E-state index is 0.438. The molecule has 0 aromatic heterocycles. The highest BCUT2D eigenvalue weighted by Gasteiger charge is 2.52. The molecule has 10 aromatic carbocycles. The Balaban J connectivity index is 1.03. The minimum Gasteiger partial charge on any atom is -0.456 e. The van der Waals surface area contributed by atoms with Crippen molar-refractivity contribution in [2.45, 2.75) is 10.8 Å². The van der Waals surface area contributed by atoms with Gasteiger partial charge in [-0.1, -0.05) is 188 Å². The van der Waals surface area contributed by atoms with Crippen LogP contribution in [0.25, 0.3) is 66.1 Å². The van der Waals surface area contributed by atoms with Gasteiger partial charge in [0.15, 0.2) is 0 Å². The van der Waals surface area contributed by atoms with Crippen LogP contribution in [0.5, 0.6) is 11.5 Å². The lowest BCUT2D eigenvalue weighted by Gasteiger charge is -2.40. The first-order valence-electron chi connectivity index (χ1n) is 20.7. The quantitative estimate of drug-likeness (QED) is 0.163. The van der Waals surface area contributed by atoms with Crippen LogP contribution in [0.1, 0.15) is 44.5 Å². The van der Waals surface area contributed by atoms with Crippen molar-refractivity contribution < 1.29 is 4.74 Å². The Morgan fingerprint density at radius 3 is 1.47 bits per heavy atom. The van der Waals surface area contributed by atoms with Crippen LogP contribution in [0, 0.1) is 0 Å². The molecule has 14 rings (SSSR count). The lowest BCUT2D eigenvalue weighted by molar-refractivity contribution is 0.442. The fourth-order valence-corrected chi connectivity index (χ4v) is 11.9. The van der Waals surface area contributed by atoms with Gasteiger partial charge in [-0.15, -0.1) is 0 Å². The predicted molar refractivity (Wildman–Crippen MR) is 241 cm³/mol. The third kappa shape index (κ3) is 3.73. The Hall–Kier alpha value is -7.48. The fourth-order valence-electron chi connectivity index (χ4n) is 11.9. The molecule has 1 unspecified atom stereocenters. The van der Waals surface area contributed by atoms with E-state index in [1.165, 1.54) is 105 Å². The van der Waals surface area contributed by atoms with Crippen LogP contribution in [0.15, 0.2) is 206 Å². The fraction of sp³-hybridized carbons (Fsp3) is 0.0345. The van der Waals surface area contributed by atoms with E-state index in [0.29, 0.717) is 0 Å². The summed E-state index contributed by atoms with van der Waals surface area (Å²) < 4.78 is 7.08. The highest BCUT2D eigenvalue weighted by molar-refractivity contribution is 6.07. The molecule has 0 saturated heterocycles. The van der Waals surface area contributed by atoms with Crippen LogP contribution in [0.3, 0.4) is 0 Å². The van der Waals surface area contributed by atoms with Gasteiger partial charge in [0.25, 0.3) is 0 Å². The molecule has 10 aromatic rings. The molecule has 4 aliphatic rings. The van der Waals surface area contributed by atoms with Crippen LogP contribution in [0.2, 0.25) is 0 Å². The largest absolute Gasteiger partial charge is 0.456 e. The van der Waals surface area contributed by atoms with E-state index < -0.39 is 10.8 Å². The number of fused-ring (bicyclic) bond motifs is 20. The second kappa shape index (κ2) is 11.1. The first-order chi connectivity index (χ1) is 29.3. The molecule has 1 heteroatoms. The van der Waals surface area contributed by atoms with Gasteiger partial charge in [-0.3, -0.25) is 0 Å². The van der Waals surface area contributed by atoms with Gasteiger partial charge in [-0.25, -0.2) is 0 Å². The van der Waals surface area contributed by atoms with Gasteiger partial charge < -0.3 is 4.74 Å². The van der Waals surface area contributed by atoms with Gasteiger partial charge >= 0.3 is 0 Å². The zero-order valence-corrected chi connectivity index (χ0v) is 32.0. The second-order valence-electron chi connectivity index (χ2n) is 16.6. The third-order valence-electron chi connectivity index (χ3n) is 14.1. The van der Waals surface area contributed by atoms with E-state index in [2.05, 4.69) is 206 Å². The summed E-state index contributed by atoms with van der Waals surface area (Å²) in [6.07, 6.45) is 0. The maximum atomic E-state index is 7.08. The zero-order chi connectivity index (χ0) is 38.5. The van der Waals surface area contributed by atoms with Gasteiger partial charge in [-0.2, -0.15) is 0 Å². The normalized spacial score (nSPS) is 16.5. The van der Waals surface area contributed by atoms with Crippen LogP contribution >= 0.6 is 0 Å². The molecule has 3 aliphatic carbocycles. The molecule has 1 heterocycles. The second-order valence-corrected chi connectivity index (χ2v) is 16.6. The lowest BCUT2D eigenvalue weighted by Crippen LogP contribution is -2.32. The van der Waals surface area contributed by atoms with E-state index in [1.54, 1.807) is 0 Å². The van der Waals surface area contributed by atoms with Crippen molar-refractivity contribution in [2.75, 3.05) is 0 Å². The third-order valence-corrected chi connectivity index (χ3v) is 14.1. The van der Waals surface area contributed by atoms with E-state index in [1.807, 2.05) is 0 Å². The van der Waals surface area contributed by atoms with Crippen LogP contribution in [0.4, 0.5) is 0 Å². The first-order valence-corrected chi connectivity index (χ1v) is 20.7. The average Bonchev–Trinajstić information content (AvgIpc) is 3.76. The Bertz CT molecular complexity index is 3450. The maximum Gasteiger partial charge on any atom is 0.140 e. The van der Waals surface area contributed by atoms with Crippen LogP contribution in [-0.2, 0) is 10.8 Å². The molecular formula is C58H34O. The van der Waals surface area contributed by atoms with Crippen LogP contribution < -0.4 is 4.74 Å². The van der Waals surface area contributed by atoms with E-state index in [-0.39, 0.29) is 0 Å². The maximum absolute atomic E-state index is 7.08. The molecular weight excluding hydrogens is 713 g/mol. The molecule has 2 spiro atoms. The molecule has 0 radical (unpaired) electrons. The summed E-state index contributed by atoms with van der Waals surface area (Å²) >= 11 is 0. The Labute approximate surface area is 342 Å². The molecule has 0 saturated carbocycles. The Kier molecular flexibility index (Phi) is 5.96. The number of rotatable bonds is 1. The monoisotopic (exact) mass is 746 g/mol. The summed E-state index contributed by atoms with van der Waals surface area (Å²) in [6.45, 7) is 0. The smallest absolute Gasteiger partial charge is 0.140 e. The van der Waals surface area contributed by atoms with Gasteiger partial charge in [0.1, 0.15) is 11.5 Å². The molecule has 1 aliphatic heterocycles. The zero-order valence-electron chi connectivity index (χ0n) is 32.0. The topological polar surface area (TPSA) is 9.23 Å². The number of benzene rings is 10. The molecule has 0 N–H and O–H groups in total. The van der Waals surface area contributed by atoms with Crippen molar-refractivity contribution in [3.8, 4) is 56.0 Å². The van der Waals surface area contributed by atoms with Crippen molar-refractivity contribution >= 4 is 21.5 Å². The van der Waals surface area contributed by atoms with Gasteiger partial charge in [0, 0.05) is 16.5 Å². The SMILES string of the molecule is c1ccc2c(c1)-c1ccccc1C21c2cc(-c3ccc4c(c3)-c3ccccc3C43c4ccccc4-c4cccc5cccc3c45)ccc2Oc2c1ccc1ccccc21.